The van der Waals surface area contributed by atoms with Crippen LogP contribution >= 0.6 is 0 Å². The summed E-state index contributed by atoms with van der Waals surface area (Å²) in [5.41, 5.74) is 15.2. The van der Waals surface area contributed by atoms with Gasteiger partial charge in [0.25, 0.3) is 0 Å². The number of fused-ring (bicyclic) bond motifs is 8. The van der Waals surface area contributed by atoms with Crippen molar-refractivity contribution in [2.45, 2.75) is 38.2 Å². The molecule has 7 aromatic rings. The smallest absolute Gasteiger partial charge is 0.105 e. The average Bonchev–Trinajstić information content (AvgIpc) is 4.03. The van der Waals surface area contributed by atoms with Crippen molar-refractivity contribution in [1.82, 2.24) is 19.9 Å². The molecule has 0 radical (unpaired) electrons. The molecule has 9 rings (SSSR count). The molecule has 0 unspecified atom stereocenters. The van der Waals surface area contributed by atoms with Crippen molar-refractivity contribution in [3.8, 4) is 44.5 Å². The number of aliphatic hydroxyl groups excluding tert-OH is 1. The Balaban J connectivity index is 1.50. The molecule has 5 heterocycles. The summed E-state index contributed by atoms with van der Waals surface area (Å²) in [6, 6.07) is 50.3. The number of aromatic amines is 2. The molecule has 2 atom stereocenters. The van der Waals surface area contributed by atoms with E-state index < -0.39 is 6.10 Å². The van der Waals surface area contributed by atoms with Gasteiger partial charge in [0.15, 0.2) is 0 Å². The molecule has 5 heteroatoms. The quantitative estimate of drug-likeness (QED) is 0.156. The molecule has 0 spiro atoms. The van der Waals surface area contributed by atoms with Crippen LogP contribution in [0.4, 0.5) is 0 Å². The van der Waals surface area contributed by atoms with Crippen LogP contribution in [-0.4, -0.2) is 25.0 Å². The minimum Gasteiger partial charge on any atom is -0.386 e. The Morgan fingerprint density at radius 1 is 0.472 bits per heavy atom. The van der Waals surface area contributed by atoms with Crippen molar-refractivity contribution in [3.05, 3.63) is 168 Å². The van der Waals surface area contributed by atoms with Crippen LogP contribution in [0.1, 0.15) is 61.0 Å². The van der Waals surface area contributed by atoms with E-state index in [1.165, 1.54) is 0 Å². The number of hydrogen-bond donors (Lipinski definition) is 3. The van der Waals surface area contributed by atoms with Gasteiger partial charge >= 0.3 is 0 Å². The van der Waals surface area contributed by atoms with Crippen LogP contribution < -0.4 is 0 Å². The maximum atomic E-state index is 12.5. The molecule has 3 N–H and O–H groups in total. The van der Waals surface area contributed by atoms with Gasteiger partial charge in [-0.2, -0.15) is 0 Å². The molecule has 8 bridgehead atoms. The molecule has 0 fully saturated rings. The zero-order chi connectivity index (χ0) is 35.7. The molecule has 258 valence electrons. The first-order valence-corrected chi connectivity index (χ1v) is 18.6. The lowest BCUT2D eigenvalue weighted by Gasteiger charge is -2.18. The van der Waals surface area contributed by atoms with E-state index in [9.17, 15) is 5.11 Å². The summed E-state index contributed by atoms with van der Waals surface area (Å²) < 4.78 is 0. The molecule has 0 saturated heterocycles. The number of rotatable bonds is 7. The van der Waals surface area contributed by atoms with Crippen LogP contribution in [0, 0.1) is 0 Å². The van der Waals surface area contributed by atoms with E-state index in [1.807, 2.05) is 36.4 Å². The normalized spacial score (nSPS) is 15.1. The van der Waals surface area contributed by atoms with Gasteiger partial charge in [-0.15, -0.1) is 0 Å². The Hall–Kier alpha value is -6.30. The number of benzene rings is 4. The highest BCUT2D eigenvalue weighted by atomic mass is 16.3. The molecular weight excluding hydrogens is 649 g/mol. The first-order chi connectivity index (χ1) is 26.2. The van der Waals surface area contributed by atoms with Gasteiger partial charge in [-0.3, -0.25) is 4.98 Å². The van der Waals surface area contributed by atoms with Gasteiger partial charge in [-0.05, 0) is 65.1 Å². The fourth-order valence-electron chi connectivity index (χ4n) is 7.98. The fourth-order valence-corrected chi connectivity index (χ4v) is 7.98. The van der Waals surface area contributed by atoms with Gasteiger partial charge in [0.2, 0.25) is 0 Å². The van der Waals surface area contributed by atoms with Crippen molar-refractivity contribution < 1.29 is 5.11 Å². The lowest BCUT2D eigenvalue weighted by atomic mass is 9.87. The molecule has 2 aliphatic heterocycles. The zero-order valence-electron chi connectivity index (χ0n) is 29.6. The van der Waals surface area contributed by atoms with Crippen LogP contribution in [0.3, 0.4) is 0 Å². The van der Waals surface area contributed by atoms with E-state index in [-0.39, 0.29) is 5.92 Å². The standard InChI is InChI=1S/C48H40N4O/c1-2-3-24-35-46-44(33-20-12-6-13-21-33)40-29-27-38(50-40)42(31-16-8-4-9-17-31)36-25-26-37(49-36)43(32-18-10-5-11-19-32)39-28-30-41(51-39)45(47(52-46)48(35)53)34-22-14-7-15-23-34/h4-23,25-30,35,48,50-51,53H,2-3,24H2,1H3/t35-,48+/m1/s1. The van der Waals surface area contributed by atoms with E-state index in [2.05, 4.69) is 138 Å². The number of nitrogens with zero attached hydrogens (tertiary/aromatic N) is 2. The minimum atomic E-state index is -0.801. The Morgan fingerprint density at radius 3 is 1.26 bits per heavy atom. The number of unbranched alkanes of at least 4 members (excludes halogenated alkanes) is 1. The Bertz CT molecular complexity index is 2610. The van der Waals surface area contributed by atoms with Crippen LogP contribution in [0.2, 0.25) is 0 Å². The highest BCUT2D eigenvalue weighted by molar-refractivity contribution is 5.97. The summed E-state index contributed by atoms with van der Waals surface area (Å²) in [6.07, 6.45) is 6.27. The number of aliphatic hydroxyl groups is 1. The van der Waals surface area contributed by atoms with Gasteiger partial charge in [0, 0.05) is 50.2 Å². The maximum Gasteiger partial charge on any atom is 0.105 e. The van der Waals surface area contributed by atoms with Crippen LogP contribution in [0.5, 0.6) is 0 Å². The van der Waals surface area contributed by atoms with Crippen molar-refractivity contribution in [2.75, 3.05) is 0 Å². The van der Waals surface area contributed by atoms with E-state index in [1.54, 1.807) is 0 Å². The molecule has 53 heavy (non-hydrogen) atoms. The highest BCUT2D eigenvalue weighted by Crippen LogP contribution is 2.47. The summed E-state index contributed by atoms with van der Waals surface area (Å²) in [7, 11) is 0. The highest BCUT2D eigenvalue weighted by Gasteiger charge is 2.35. The van der Waals surface area contributed by atoms with Crippen molar-refractivity contribution in [1.29, 1.82) is 0 Å². The van der Waals surface area contributed by atoms with Crippen LogP contribution in [-0.2, 0) is 0 Å². The molecule has 3 aromatic heterocycles. The van der Waals surface area contributed by atoms with E-state index in [0.29, 0.717) is 5.69 Å². The van der Waals surface area contributed by atoms with E-state index in [4.69, 9.17) is 9.97 Å². The average molecular weight is 689 g/mol. The summed E-state index contributed by atoms with van der Waals surface area (Å²) in [5, 5.41) is 12.5. The summed E-state index contributed by atoms with van der Waals surface area (Å²) in [6.45, 7) is 2.20. The summed E-state index contributed by atoms with van der Waals surface area (Å²) >= 11 is 0. The summed E-state index contributed by atoms with van der Waals surface area (Å²) in [4.78, 5) is 18.6. The number of aromatic nitrogens is 4. The van der Waals surface area contributed by atoms with Crippen molar-refractivity contribution in [2.24, 2.45) is 0 Å². The summed E-state index contributed by atoms with van der Waals surface area (Å²) in [5.74, 6) is -0.196. The number of hydrogen-bond acceptors (Lipinski definition) is 3. The third-order valence-corrected chi connectivity index (χ3v) is 10.5. The molecule has 5 nitrogen and oxygen atoms in total. The first-order valence-electron chi connectivity index (χ1n) is 18.6. The lowest BCUT2D eigenvalue weighted by Crippen LogP contribution is -2.07. The molecule has 0 aliphatic carbocycles. The first kappa shape index (κ1) is 32.6. The Morgan fingerprint density at radius 2 is 0.849 bits per heavy atom. The van der Waals surface area contributed by atoms with Crippen molar-refractivity contribution in [3.63, 3.8) is 0 Å². The lowest BCUT2D eigenvalue weighted by molar-refractivity contribution is 0.147. The predicted octanol–water partition coefficient (Wildman–Crippen LogP) is 12.2. The van der Waals surface area contributed by atoms with Gasteiger partial charge in [-0.1, -0.05) is 141 Å². The SMILES string of the molecule is CCCC[C@@H]1c2nc(c(-c3ccccc3)c3ccc([nH]3)c(-c3ccccc3)c3nc(c(-c4ccccc4)c4ccc([nH]4)c2-c2ccccc2)C=C3)[C@H]1O. The van der Waals surface area contributed by atoms with Crippen molar-refractivity contribution >= 4 is 34.2 Å². The third kappa shape index (κ3) is 5.99. The molecule has 4 aromatic carbocycles. The second-order valence-electron chi connectivity index (χ2n) is 13.8. The molecule has 2 aliphatic rings. The minimum absolute atomic E-state index is 0.196. The number of H-pyrrole nitrogens is 2. The second kappa shape index (κ2) is 14.0. The predicted molar refractivity (Wildman–Crippen MR) is 219 cm³/mol. The van der Waals surface area contributed by atoms with E-state index >= 15 is 0 Å². The van der Waals surface area contributed by atoms with E-state index in [0.717, 1.165) is 103 Å². The third-order valence-electron chi connectivity index (χ3n) is 10.5. The molecular formula is C48H40N4O. The van der Waals surface area contributed by atoms with Crippen LogP contribution in [0.25, 0.3) is 78.7 Å². The molecule has 0 saturated carbocycles. The Labute approximate surface area is 309 Å². The number of nitrogens with one attached hydrogen (secondary N) is 2. The van der Waals surface area contributed by atoms with Gasteiger partial charge in [0.05, 0.1) is 22.8 Å². The monoisotopic (exact) mass is 688 g/mol. The van der Waals surface area contributed by atoms with Gasteiger partial charge in [-0.25, -0.2) is 4.98 Å². The maximum absolute atomic E-state index is 12.5. The van der Waals surface area contributed by atoms with Gasteiger partial charge in [0.1, 0.15) is 6.10 Å². The topological polar surface area (TPSA) is 77.6 Å². The molecule has 0 amide bonds. The Kier molecular flexibility index (Phi) is 8.62. The van der Waals surface area contributed by atoms with Crippen LogP contribution in [0.15, 0.2) is 146 Å². The largest absolute Gasteiger partial charge is 0.386 e. The fraction of sp³-hybridized carbons (Fsp3) is 0.125. The van der Waals surface area contributed by atoms with Gasteiger partial charge < -0.3 is 15.1 Å². The second-order valence-corrected chi connectivity index (χ2v) is 13.8. The zero-order valence-corrected chi connectivity index (χ0v) is 29.6.